The van der Waals surface area contributed by atoms with Crippen molar-refractivity contribution in [3.05, 3.63) is 149 Å². The third kappa shape index (κ3) is 7.77. The van der Waals surface area contributed by atoms with Crippen molar-refractivity contribution in [1.82, 2.24) is 5.32 Å². The Hall–Kier alpha value is -4.97. The number of esters is 1. The number of hydrogen-bond acceptors (Lipinski definition) is 4. The Balaban J connectivity index is 1.59. The number of carbonyl (C=O) groups excluding carboxylic acids is 2. The first-order chi connectivity index (χ1) is 19.4. The molecule has 0 aliphatic heterocycles. The fourth-order valence-corrected chi connectivity index (χ4v) is 4.53. The normalized spacial score (nSPS) is 12.4. The molecule has 202 valence electrons. The minimum Gasteiger partial charge on any atom is -0.469 e. The molecule has 0 saturated heterocycles. The number of amides is 1. The van der Waals surface area contributed by atoms with Crippen molar-refractivity contribution >= 4 is 23.8 Å². The molecule has 6 nitrogen and oxygen atoms in total. The van der Waals surface area contributed by atoms with E-state index in [0.717, 1.165) is 23.1 Å². The van der Waals surface area contributed by atoms with E-state index in [1.54, 1.807) is 30.3 Å². The number of nitrogens with two attached hydrogens (primary N) is 1. The van der Waals surface area contributed by atoms with Crippen LogP contribution in [0.3, 0.4) is 0 Å². The zero-order chi connectivity index (χ0) is 28.3. The van der Waals surface area contributed by atoms with E-state index in [0.29, 0.717) is 11.1 Å². The van der Waals surface area contributed by atoms with Gasteiger partial charge < -0.3 is 15.8 Å². The maximum absolute atomic E-state index is 13.4. The lowest BCUT2D eigenvalue weighted by atomic mass is 9.90. The van der Waals surface area contributed by atoms with E-state index in [1.165, 1.54) is 12.7 Å². The van der Waals surface area contributed by atoms with Gasteiger partial charge in [0.05, 0.1) is 19.1 Å². The van der Waals surface area contributed by atoms with Crippen molar-refractivity contribution in [3.63, 3.8) is 0 Å². The molecule has 0 radical (unpaired) electrons. The van der Waals surface area contributed by atoms with Crippen LogP contribution < -0.4 is 11.1 Å². The summed E-state index contributed by atoms with van der Waals surface area (Å²) in [5.41, 5.74) is 10.8. The Labute approximate surface area is 235 Å². The Morgan fingerprint density at radius 3 is 2.10 bits per heavy atom. The lowest BCUT2D eigenvalue weighted by molar-refractivity contribution is -0.145. The van der Waals surface area contributed by atoms with Crippen LogP contribution in [0, 0.1) is 11.3 Å². The van der Waals surface area contributed by atoms with E-state index in [-0.39, 0.29) is 18.2 Å². The van der Waals surface area contributed by atoms with Gasteiger partial charge in [0.15, 0.2) is 0 Å². The first-order valence-corrected chi connectivity index (χ1v) is 13.1. The van der Waals surface area contributed by atoms with Crippen LogP contribution in [0.4, 0.5) is 0 Å². The molecular formula is C34H33N3O3. The number of hydrogen-bond donors (Lipinski definition) is 3. The van der Waals surface area contributed by atoms with Crippen LogP contribution in [0.1, 0.15) is 38.2 Å². The Morgan fingerprint density at radius 2 is 1.45 bits per heavy atom. The average molecular weight is 532 g/mol. The van der Waals surface area contributed by atoms with Gasteiger partial charge in [-0.25, -0.2) is 0 Å². The number of benzene rings is 4. The SMILES string of the molecule is COC(=O)[C@H](Cc1cccc(C(=N)N)c1)[C@@H](/C=C/c1ccccc1)NC(=O)c1ccc(Cc2ccccc2)cc1. The molecular weight excluding hydrogens is 498 g/mol. The number of nitrogen functional groups attached to an aromatic ring is 1. The van der Waals surface area contributed by atoms with Gasteiger partial charge >= 0.3 is 5.97 Å². The second-order valence-electron chi connectivity index (χ2n) is 9.58. The van der Waals surface area contributed by atoms with Crippen LogP contribution in [-0.4, -0.2) is 30.9 Å². The second-order valence-corrected chi connectivity index (χ2v) is 9.58. The summed E-state index contributed by atoms with van der Waals surface area (Å²) >= 11 is 0. The van der Waals surface area contributed by atoms with E-state index in [4.69, 9.17) is 15.9 Å². The van der Waals surface area contributed by atoms with Crippen molar-refractivity contribution in [2.75, 3.05) is 7.11 Å². The largest absolute Gasteiger partial charge is 0.469 e. The Morgan fingerprint density at radius 1 is 0.825 bits per heavy atom. The smallest absolute Gasteiger partial charge is 0.311 e. The zero-order valence-electron chi connectivity index (χ0n) is 22.4. The minimum atomic E-state index is -0.714. The quantitative estimate of drug-likeness (QED) is 0.137. The fourth-order valence-electron chi connectivity index (χ4n) is 4.53. The maximum Gasteiger partial charge on any atom is 0.311 e. The van der Waals surface area contributed by atoms with Crippen molar-refractivity contribution in [2.45, 2.75) is 18.9 Å². The molecule has 0 aliphatic rings. The van der Waals surface area contributed by atoms with Crippen LogP contribution in [0.15, 0.2) is 115 Å². The highest BCUT2D eigenvalue weighted by atomic mass is 16.5. The molecule has 0 aliphatic carbocycles. The summed E-state index contributed by atoms with van der Waals surface area (Å²) in [4.78, 5) is 26.5. The van der Waals surface area contributed by atoms with Crippen LogP contribution in [0.5, 0.6) is 0 Å². The standard InChI is InChI=1S/C34H33N3O3/c1-40-34(39)30(23-27-13-8-14-29(22-27)32(35)36)31(20-17-24-9-4-2-5-10-24)37-33(38)28-18-15-26(16-19-28)21-25-11-6-3-7-12-25/h2-20,22,30-31H,21,23H2,1H3,(H3,35,36)(H,37,38)/b20-17+/t30-,31-/m1/s1. The lowest BCUT2D eigenvalue weighted by Gasteiger charge is -2.24. The minimum absolute atomic E-state index is 0.0546. The summed E-state index contributed by atoms with van der Waals surface area (Å²) in [5, 5.41) is 10.8. The molecule has 6 heteroatoms. The van der Waals surface area contributed by atoms with Gasteiger partial charge in [0.25, 0.3) is 5.91 Å². The summed E-state index contributed by atoms with van der Waals surface area (Å²) in [5.74, 6) is -1.51. The maximum atomic E-state index is 13.4. The van der Waals surface area contributed by atoms with Gasteiger partial charge in [-0.3, -0.25) is 15.0 Å². The molecule has 0 fully saturated rings. The molecule has 4 aromatic carbocycles. The fraction of sp³-hybridized carbons (Fsp3) is 0.147. The Kier molecular flexibility index (Phi) is 9.62. The van der Waals surface area contributed by atoms with E-state index >= 15 is 0 Å². The van der Waals surface area contributed by atoms with Gasteiger partial charge in [-0.15, -0.1) is 0 Å². The predicted molar refractivity (Wildman–Crippen MR) is 159 cm³/mol. The van der Waals surface area contributed by atoms with Crippen LogP contribution in [0.2, 0.25) is 0 Å². The van der Waals surface area contributed by atoms with Crippen molar-refractivity contribution in [1.29, 1.82) is 5.41 Å². The van der Waals surface area contributed by atoms with E-state index < -0.39 is 17.9 Å². The number of carbonyl (C=O) groups is 2. The highest BCUT2D eigenvalue weighted by Crippen LogP contribution is 2.19. The summed E-state index contributed by atoms with van der Waals surface area (Å²) in [6, 6.07) is 33.8. The highest BCUT2D eigenvalue weighted by molar-refractivity contribution is 5.95. The van der Waals surface area contributed by atoms with Crippen LogP contribution in [-0.2, 0) is 22.4 Å². The molecule has 0 heterocycles. The van der Waals surface area contributed by atoms with Crippen molar-refractivity contribution in [3.8, 4) is 0 Å². The van der Waals surface area contributed by atoms with Gasteiger partial charge in [0.2, 0.25) is 0 Å². The summed E-state index contributed by atoms with van der Waals surface area (Å²) in [6.07, 6.45) is 4.77. The third-order valence-electron chi connectivity index (χ3n) is 6.69. The highest BCUT2D eigenvalue weighted by Gasteiger charge is 2.29. The lowest BCUT2D eigenvalue weighted by Crippen LogP contribution is -2.43. The zero-order valence-corrected chi connectivity index (χ0v) is 22.4. The molecule has 1 amide bonds. The molecule has 0 spiro atoms. The van der Waals surface area contributed by atoms with Gasteiger partial charge in [0.1, 0.15) is 5.84 Å². The molecule has 0 bridgehead atoms. The molecule has 0 aromatic heterocycles. The number of methoxy groups -OCH3 is 1. The summed E-state index contributed by atoms with van der Waals surface area (Å²) < 4.78 is 5.16. The van der Waals surface area contributed by atoms with Crippen LogP contribution in [0.25, 0.3) is 6.08 Å². The van der Waals surface area contributed by atoms with Gasteiger partial charge in [-0.2, -0.15) is 0 Å². The van der Waals surface area contributed by atoms with Gasteiger partial charge in [-0.1, -0.05) is 103 Å². The number of amidine groups is 1. The van der Waals surface area contributed by atoms with E-state index in [9.17, 15) is 9.59 Å². The number of rotatable bonds is 11. The first kappa shape index (κ1) is 28.0. The summed E-state index contributed by atoms with van der Waals surface area (Å²) in [6.45, 7) is 0. The number of ether oxygens (including phenoxy) is 1. The topological polar surface area (TPSA) is 105 Å². The van der Waals surface area contributed by atoms with Gasteiger partial charge in [-0.05, 0) is 53.3 Å². The second kappa shape index (κ2) is 13.7. The Bertz CT molecular complexity index is 1470. The molecule has 40 heavy (non-hydrogen) atoms. The van der Waals surface area contributed by atoms with E-state index in [2.05, 4.69) is 17.4 Å². The van der Waals surface area contributed by atoms with Crippen molar-refractivity contribution < 1.29 is 14.3 Å². The first-order valence-electron chi connectivity index (χ1n) is 13.1. The monoisotopic (exact) mass is 531 g/mol. The predicted octanol–water partition coefficient (Wildman–Crippen LogP) is 5.41. The molecule has 0 unspecified atom stereocenters. The molecule has 4 rings (SSSR count). The van der Waals surface area contributed by atoms with Crippen LogP contribution >= 0.6 is 0 Å². The van der Waals surface area contributed by atoms with E-state index in [1.807, 2.05) is 78.9 Å². The third-order valence-corrected chi connectivity index (χ3v) is 6.69. The number of nitrogens with one attached hydrogen (secondary N) is 2. The van der Waals surface area contributed by atoms with Crippen molar-refractivity contribution in [2.24, 2.45) is 11.7 Å². The molecule has 0 saturated carbocycles. The van der Waals surface area contributed by atoms with Gasteiger partial charge in [0, 0.05) is 11.1 Å². The molecule has 4 aromatic rings. The average Bonchev–Trinajstić information content (AvgIpc) is 2.99. The molecule has 4 N–H and O–H groups in total. The summed E-state index contributed by atoms with van der Waals surface area (Å²) in [7, 11) is 1.34. The molecule has 2 atom stereocenters.